The van der Waals surface area contributed by atoms with E-state index >= 15 is 0 Å². The molecule has 1 aliphatic heterocycles. The zero-order valence-electron chi connectivity index (χ0n) is 25.1. The van der Waals surface area contributed by atoms with Gasteiger partial charge in [0.1, 0.15) is 11.7 Å². The molecule has 0 saturated carbocycles. The molecule has 0 bridgehead atoms. The van der Waals surface area contributed by atoms with E-state index in [0.29, 0.717) is 54.2 Å². The van der Waals surface area contributed by atoms with Crippen molar-refractivity contribution in [3.05, 3.63) is 70.4 Å². The lowest BCUT2D eigenvalue weighted by atomic mass is 9.97. The van der Waals surface area contributed by atoms with Gasteiger partial charge in [-0.2, -0.15) is 0 Å². The van der Waals surface area contributed by atoms with E-state index in [1.54, 1.807) is 25.1 Å². The number of benzene rings is 2. The fraction of sp³-hybridized carbons (Fsp3) is 0.469. The van der Waals surface area contributed by atoms with E-state index in [4.69, 9.17) is 21.1 Å². The Morgan fingerprint density at radius 3 is 2.49 bits per heavy atom. The number of aromatic amines is 1. The molecule has 2 atom stereocenters. The molecule has 43 heavy (non-hydrogen) atoms. The highest BCUT2D eigenvalue weighted by molar-refractivity contribution is 6.31. The van der Waals surface area contributed by atoms with Crippen molar-refractivity contribution < 1.29 is 23.9 Å². The molecule has 0 aliphatic carbocycles. The van der Waals surface area contributed by atoms with E-state index in [9.17, 15) is 14.4 Å². The number of hydrogen-bond acceptors (Lipinski definition) is 7. The van der Waals surface area contributed by atoms with Crippen molar-refractivity contribution in [1.29, 1.82) is 0 Å². The number of fused-ring (bicyclic) bond motifs is 1. The lowest BCUT2D eigenvalue weighted by Gasteiger charge is -2.28. The minimum atomic E-state index is -1.05. The number of hydrogen-bond donors (Lipinski definition) is 4. The number of rotatable bonds is 14. The number of carbonyl (C=O) groups is 3. The number of ether oxygens (including phenoxy) is 2. The van der Waals surface area contributed by atoms with Crippen molar-refractivity contribution in [2.45, 2.75) is 45.8 Å². The van der Waals surface area contributed by atoms with Gasteiger partial charge in [-0.05, 0) is 37.0 Å². The molecule has 4 rings (SSSR count). The Morgan fingerprint density at radius 1 is 1.05 bits per heavy atom. The first-order valence-electron chi connectivity index (χ1n) is 14.9. The Hall–Kier alpha value is -3.44. The van der Waals surface area contributed by atoms with Gasteiger partial charge in [-0.15, -0.1) is 0 Å². The van der Waals surface area contributed by atoms with Crippen LogP contribution in [0.4, 0.5) is 0 Å². The van der Waals surface area contributed by atoms with Crippen molar-refractivity contribution in [1.82, 2.24) is 25.8 Å². The summed E-state index contributed by atoms with van der Waals surface area (Å²) in [5.41, 5.74) is 2.06. The van der Waals surface area contributed by atoms with E-state index in [2.05, 4.69) is 25.8 Å². The smallest absolute Gasteiger partial charge is 0.355 e. The number of halogens is 1. The predicted molar refractivity (Wildman–Crippen MR) is 167 cm³/mol. The van der Waals surface area contributed by atoms with Crippen molar-refractivity contribution >= 4 is 40.3 Å². The van der Waals surface area contributed by atoms with Crippen molar-refractivity contribution in [3.8, 4) is 0 Å². The fourth-order valence-electron chi connectivity index (χ4n) is 5.24. The van der Waals surface area contributed by atoms with Crippen LogP contribution < -0.4 is 16.0 Å². The molecule has 2 unspecified atom stereocenters. The third kappa shape index (κ3) is 9.03. The summed E-state index contributed by atoms with van der Waals surface area (Å²) in [6.45, 7) is 10.4. The van der Waals surface area contributed by atoms with Gasteiger partial charge >= 0.3 is 5.97 Å². The number of nitrogens with zero attached hydrogens (tertiary/aromatic N) is 1. The van der Waals surface area contributed by atoms with Crippen LogP contribution in [0.25, 0.3) is 10.9 Å². The topological polar surface area (TPSA) is 125 Å². The van der Waals surface area contributed by atoms with E-state index < -0.39 is 18.1 Å². The number of morpholine rings is 1. The molecular weight excluding hydrogens is 570 g/mol. The number of aromatic nitrogens is 1. The summed E-state index contributed by atoms with van der Waals surface area (Å²) < 4.78 is 10.8. The van der Waals surface area contributed by atoms with E-state index in [1.165, 1.54) is 0 Å². The van der Waals surface area contributed by atoms with Gasteiger partial charge in [0, 0.05) is 54.2 Å². The second-order valence-corrected chi connectivity index (χ2v) is 11.5. The van der Waals surface area contributed by atoms with Crippen LogP contribution in [0.15, 0.2) is 48.5 Å². The number of amides is 2. The number of nitrogens with one attached hydrogen (secondary N) is 4. The molecule has 1 saturated heterocycles. The molecule has 0 spiro atoms. The monoisotopic (exact) mass is 611 g/mol. The molecule has 1 aliphatic rings. The summed E-state index contributed by atoms with van der Waals surface area (Å²) in [6, 6.07) is 13.0. The summed E-state index contributed by atoms with van der Waals surface area (Å²) >= 11 is 6.27. The first-order valence-corrected chi connectivity index (χ1v) is 15.3. The van der Waals surface area contributed by atoms with Crippen LogP contribution in [0.3, 0.4) is 0 Å². The molecule has 2 heterocycles. The molecule has 1 aromatic heterocycles. The summed E-state index contributed by atoms with van der Waals surface area (Å²) in [5, 5.41) is 10.5. The third-order valence-corrected chi connectivity index (χ3v) is 7.60. The Balaban J connectivity index is 1.66. The first kappa shape index (κ1) is 32.5. The summed E-state index contributed by atoms with van der Waals surface area (Å²) in [7, 11) is 0. The fourth-order valence-corrected chi connectivity index (χ4v) is 5.41. The minimum absolute atomic E-state index is 0.141. The first-order chi connectivity index (χ1) is 20.8. The number of esters is 1. The second kappa shape index (κ2) is 15.9. The van der Waals surface area contributed by atoms with Gasteiger partial charge in [-0.25, -0.2) is 4.79 Å². The zero-order valence-corrected chi connectivity index (χ0v) is 25.8. The molecule has 2 amide bonds. The molecule has 3 aromatic rings. The normalized spacial score (nSPS) is 15.3. The highest BCUT2D eigenvalue weighted by Crippen LogP contribution is 2.32. The van der Waals surface area contributed by atoms with Gasteiger partial charge in [-0.3, -0.25) is 19.8 Å². The van der Waals surface area contributed by atoms with Crippen LogP contribution >= 0.6 is 11.6 Å². The molecule has 0 radical (unpaired) electrons. The molecule has 2 aromatic carbocycles. The maximum Gasteiger partial charge on any atom is 0.355 e. The lowest BCUT2D eigenvalue weighted by Crippen LogP contribution is -2.51. The van der Waals surface area contributed by atoms with E-state index in [1.807, 2.05) is 44.2 Å². The van der Waals surface area contributed by atoms with Gasteiger partial charge in [0.15, 0.2) is 0 Å². The molecule has 4 N–H and O–H groups in total. The molecule has 232 valence electrons. The minimum Gasteiger partial charge on any atom is -0.461 e. The molecule has 10 nitrogen and oxygen atoms in total. The van der Waals surface area contributed by atoms with Crippen LogP contribution in [0.1, 0.15) is 54.8 Å². The van der Waals surface area contributed by atoms with Crippen molar-refractivity contribution in [3.63, 3.8) is 0 Å². The quantitative estimate of drug-likeness (QED) is 0.204. The van der Waals surface area contributed by atoms with Gasteiger partial charge in [0.05, 0.1) is 25.9 Å². The SMILES string of the molecule is CCOC(=O)c1[nH]c2cc(Cl)ccc2c1C(NC(CC(C)C)C(=O)NCCN1CCOCC1)C(=O)NCc1ccccc1. The van der Waals surface area contributed by atoms with Gasteiger partial charge in [-0.1, -0.05) is 61.8 Å². The highest BCUT2D eigenvalue weighted by Gasteiger charge is 2.34. The number of H-pyrrole nitrogens is 1. The Morgan fingerprint density at radius 2 is 1.79 bits per heavy atom. The molecular formula is C32H42ClN5O5. The summed E-state index contributed by atoms with van der Waals surface area (Å²) in [6.07, 6.45) is 0.481. The lowest BCUT2D eigenvalue weighted by molar-refractivity contribution is -0.126. The van der Waals surface area contributed by atoms with E-state index in [0.717, 1.165) is 18.7 Å². The highest BCUT2D eigenvalue weighted by atomic mass is 35.5. The third-order valence-electron chi connectivity index (χ3n) is 7.36. The van der Waals surface area contributed by atoms with Crippen LogP contribution in [0, 0.1) is 5.92 Å². The van der Waals surface area contributed by atoms with Crippen molar-refractivity contribution in [2.24, 2.45) is 5.92 Å². The van der Waals surface area contributed by atoms with Crippen molar-refractivity contribution in [2.75, 3.05) is 46.0 Å². The van der Waals surface area contributed by atoms with Crippen LogP contribution in [-0.2, 0) is 25.6 Å². The maximum atomic E-state index is 14.0. The average molecular weight is 612 g/mol. The maximum absolute atomic E-state index is 14.0. The average Bonchev–Trinajstić information content (AvgIpc) is 3.37. The predicted octanol–water partition coefficient (Wildman–Crippen LogP) is 3.81. The van der Waals surface area contributed by atoms with Crippen LogP contribution in [0.2, 0.25) is 5.02 Å². The zero-order chi connectivity index (χ0) is 30.8. The largest absolute Gasteiger partial charge is 0.461 e. The summed E-state index contributed by atoms with van der Waals surface area (Å²) in [4.78, 5) is 46.1. The Kier molecular flexibility index (Phi) is 12.0. The summed E-state index contributed by atoms with van der Waals surface area (Å²) in [5.74, 6) is -1.02. The Labute approximate surface area is 257 Å². The molecule has 1 fully saturated rings. The van der Waals surface area contributed by atoms with E-state index in [-0.39, 0.29) is 36.6 Å². The van der Waals surface area contributed by atoms with Crippen LogP contribution in [-0.4, -0.2) is 79.7 Å². The van der Waals surface area contributed by atoms with Gasteiger partial charge in [0.25, 0.3) is 0 Å². The van der Waals surface area contributed by atoms with Gasteiger partial charge < -0.3 is 25.1 Å². The Bertz CT molecular complexity index is 1370. The molecule has 11 heteroatoms. The second-order valence-electron chi connectivity index (χ2n) is 11.1. The number of carbonyl (C=O) groups excluding carboxylic acids is 3. The standard InChI is InChI=1S/C32H42ClN5O5/c1-4-43-32(41)29-27(24-11-10-23(33)19-25(24)36-29)28(31(40)35-20-22-8-6-5-7-9-22)37-26(18-21(2)3)30(39)34-12-13-38-14-16-42-17-15-38/h5-11,19,21,26,28,36-37H,4,12-18,20H2,1-3H3,(H,34,39)(H,35,40). The van der Waals surface area contributed by atoms with Gasteiger partial charge in [0.2, 0.25) is 11.8 Å². The van der Waals surface area contributed by atoms with Crippen LogP contribution in [0.5, 0.6) is 0 Å².